The molecule has 0 spiro atoms. The third-order valence-corrected chi connectivity index (χ3v) is 3.57. The molecule has 0 unspecified atom stereocenters. The molecule has 2 aromatic carbocycles. The Morgan fingerprint density at radius 2 is 1.96 bits per heavy atom. The summed E-state index contributed by atoms with van der Waals surface area (Å²) in [6.45, 7) is 0. The molecule has 0 atom stereocenters. The summed E-state index contributed by atoms with van der Waals surface area (Å²) < 4.78 is 10.3. The lowest BCUT2D eigenvalue weighted by atomic mass is 10.1. The first-order valence-corrected chi connectivity index (χ1v) is 7.65. The number of carbonyl (C=O) groups is 1. The van der Waals surface area contributed by atoms with Gasteiger partial charge in [0.1, 0.15) is 5.75 Å². The molecule has 0 N–H and O–H groups in total. The second kappa shape index (κ2) is 7.43. The van der Waals surface area contributed by atoms with Crippen LogP contribution in [0.2, 0.25) is 0 Å². The Balaban J connectivity index is 1.83. The Bertz CT molecular complexity index is 960. The van der Waals surface area contributed by atoms with E-state index in [1.807, 2.05) is 12.1 Å². The van der Waals surface area contributed by atoms with Gasteiger partial charge >= 0.3 is 5.97 Å². The number of non-ortho nitro benzene ring substituents is 1. The topological polar surface area (TPSA) is 91.0 Å². The number of nitro groups is 1. The Morgan fingerprint density at radius 3 is 2.73 bits per heavy atom. The molecule has 0 radical (unpaired) electrons. The average molecular weight is 350 g/mol. The Hall–Kier alpha value is -3.74. The van der Waals surface area contributed by atoms with Crippen molar-refractivity contribution in [2.75, 3.05) is 7.11 Å². The highest BCUT2D eigenvalue weighted by Gasteiger charge is 2.21. The fraction of sp³-hybridized carbons (Fsp3) is 0.0526. The maximum Gasteiger partial charge on any atom is 0.363 e. The van der Waals surface area contributed by atoms with E-state index < -0.39 is 10.9 Å². The number of para-hydroxylation sites is 1. The Labute approximate surface area is 149 Å². The lowest BCUT2D eigenvalue weighted by molar-refractivity contribution is -0.384. The number of aliphatic imine (C=N–C) groups is 1. The van der Waals surface area contributed by atoms with Gasteiger partial charge in [0.25, 0.3) is 5.69 Å². The van der Waals surface area contributed by atoms with Gasteiger partial charge in [-0.2, -0.15) is 0 Å². The van der Waals surface area contributed by atoms with Crippen LogP contribution in [0.5, 0.6) is 5.75 Å². The molecule has 1 heterocycles. The molecule has 1 aliphatic heterocycles. The predicted molar refractivity (Wildman–Crippen MR) is 96.6 cm³/mol. The SMILES string of the molecule is COc1ccccc1/C=C1N=C(/C=C\c2cccc([N+](=O)[O-])c2)OC/1=O. The molecule has 7 nitrogen and oxygen atoms in total. The molecule has 7 heteroatoms. The number of hydrogen-bond acceptors (Lipinski definition) is 6. The van der Waals surface area contributed by atoms with Crippen LogP contribution in [0.1, 0.15) is 11.1 Å². The van der Waals surface area contributed by atoms with E-state index in [1.165, 1.54) is 18.2 Å². The van der Waals surface area contributed by atoms with Crippen molar-refractivity contribution in [3.05, 3.63) is 81.5 Å². The Kier molecular flexibility index (Phi) is 4.89. The zero-order valence-corrected chi connectivity index (χ0v) is 13.8. The number of methoxy groups -OCH3 is 1. The van der Waals surface area contributed by atoms with Gasteiger partial charge in [0.15, 0.2) is 5.70 Å². The summed E-state index contributed by atoms with van der Waals surface area (Å²) in [6, 6.07) is 13.3. The molecule has 0 saturated carbocycles. The predicted octanol–water partition coefficient (Wildman–Crippen LogP) is 3.61. The molecule has 0 saturated heterocycles. The van der Waals surface area contributed by atoms with Gasteiger partial charge in [-0.1, -0.05) is 30.3 Å². The van der Waals surface area contributed by atoms with Crippen LogP contribution in [-0.4, -0.2) is 23.9 Å². The molecular formula is C19H14N2O5. The highest BCUT2D eigenvalue weighted by atomic mass is 16.6. The van der Waals surface area contributed by atoms with Crippen LogP contribution in [-0.2, 0) is 9.53 Å². The van der Waals surface area contributed by atoms with Crippen LogP contribution in [0.3, 0.4) is 0 Å². The smallest absolute Gasteiger partial charge is 0.363 e. The largest absolute Gasteiger partial charge is 0.496 e. The van der Waals surface area contributed by atoms with Crippen LogP contribution >= 0.6 is 0 Å². The summed E-state index contributed by atoms with van der Waals surface area (Å²) >= 11 is 0. The Morgan fingerprint density at radius 1 is 1.15 bits per heavy atom. The lowest BCUT2D eigenvalue weighted by Crippen LogP contribution is -2.01. The van der Waals surface area contributed by atoms with Gasteiger partial charge in [0.2, 0.25) is 5.90 Å². The number of cyclic esters (lactones) is 1. The van der Waals surface area contributed by atoms with Crippen LogP contribution in [0.4, 0.5) is 5.69 Å². The molecule has 0 bridgehead atoms. The van der Waals surface area contributed by atoms with Gasteiger partial charge in [-0.15, -0.1) is 0 Å². The normalized spacial score (nSPS) is 15.2. The molecule has 26 heavy (non-hydrogen) atoms. The van der Waals surface area contributed by atoms with Crippen LogP contribution in [0, 0.1) is 10.1 Å². The van der Waals surface area contributed by atoms with Crippen LogP contribution in [0.15, 0.2) is 65.3 Å². The number of hydrogen-bond donors (Lipinski definition) is 0. The van der Waals surface area contributed by atoms with Crippen LogP contribution < -0.4 is 4.74 Å². The number of rotatable bonds is 5. The van der Waals surface area contributed by atoms with Crippen molar-refractivity contribution in [1.82, 2.24) is 0 Å². The number of benzene rings is 2. The van der Waals surface area contributed by atoms with Crippen molar-refractivity contribution in [3.63, 3.8) is 0 Å². The maximum atomic E-state index is 12.0. The summed E-state index contributed by atoms with van der Waals surface area (Å²) in [5, 5.41) is 10.8. The number of nitrogens with zero attached hydrogens (tertiary/aromatic N) is 2. The molecule has 130 valence electrons. The number of ether oxygens (including phenoxy) is 2. The molecule has 3 rings (SSSR count). The summed E-state index contributed by atoms with van der Waals surface area (Å²) in [7, 11) is 1.54. The summed E-state index contributed by atoms with van der Waals surface area (Å²) in [5.41, 5.74) is 1.43. The van der Waals surface area contributed by atoms with Crippen molar-refractivity contribution >= 4 is 29.7 Å². The van der Waals surface area contributed by atoms with Gasteiger partial charge in [-0.3, -0.25) is 10.1 Å². The van der Waals surface area contributed by atoms with E-state index in [1.54, 1.807) is 43.5 Å². The molecule has 0 amide bonds. The monoisotopic (exact) mass is 350 g/mol. The minimum absolute atomic E-state index is 0.0192. The van der Waals surface area contributed by atoms with Crippen LogP contribution in [0.25, 0.3) is 12.2 Å². The summed E-state index contributed by atoms with van der Waals surface area (Å²) in [4.78, 5) is 26.4. The fourth-order valence-electron chi connectivity index (χ4n) is 2.34. The number of nitro benzene ring substituents is 1. The van der Waals surface area contributed by atoms with Crippen molar-refractivity contribution in [2.24, 2.45) is 4.99 Å². The van der Waals surface area contributed by atoms with Gasteiger partial charge in [-0.25, -0.2) is 9.79 Å². The second-order valence-corrected chi connectivity index (χ2v) is 5.30. The first kappa shape index (κ1) is 17.1. The first-order valence-electron chi connectivity index (χ1n) is 7.65. The van der Waals surface area contributed by atoms with E-state index >= 15 is 0 Å². The van der Waals surface area contributed by atoms with Gasteiger partial charge < -0.3 is 9.47 Å². The third-order valence-electron chi connectivity index (χ3n) is 3.57. The average Bonchev–Trinajstić information content (AvgIpc) is 3.00. The fourth-order valence-corrected chi connectivity index (χ4v) is 2.34. The molecule has 1 aliphatic rings. The molecule has 0 fully saturated rings. The minimum Gasteiger partial charge on any atom is -0.496 e. The number of carbonyl (C=O) groups excluding carboxylic acids is 1. The molecule has 0 aromatic heterocycles. The number of esters is 1. The summed E-state index contributed by atoms with van der Waals surface area (Å²) in [5.74, 6) is 0.154. The molecule has 0 aliphatic carbocycles. The molecular weight excluding hydrogens is 336 g/mol. The maximum absolute atomic E-state index is 12.0. The van der Waals surface area contributed by atoms with Gasteiger partial charge in [0, 0.05) is 23.8 Å². The highest BCUT2D eigenvalue weighted by Crippen LogP contribution is 2.23. The molecule has 2 aromatic rings. The van der Waals surface area contributed by atoms with Crippen molar-refractivity contribution in [3.8, 4) is 5.75 Å². The van der Waals surface area contributed by atoms with E-state index in [0.29, 0.717) is 16.9 Å². The second-order valence-electron chi connectivity index (χ2n) is 5.30. The quantitative estimate of drug-likeness (QED) is 0.355. The standard InChI is InChI=1S/C19H14N2O5/c1-25-17-8-3-2-6-14(17)12-16-19(22)26-18(20-16)10-9-13-5-4-7-15(11-13)21(23)24/h2-12H,1H3/b10-9-,16-12+. The van der Waals surface area contributed by atoms with E-state index in [9.17, 15) is 14.9 Å². The van der Waals surface area contributed by atoms with E-state index in [4.69, 9.17) is 9.47 Å². The zero-order valence-electron chi connectivity index (χ0n) is 13.8. The highest BCUT2D eigenvalue weighted by molar-refractivity contribution is 6.11. The van der Waals surface area contributed by atoms with Gasteiger partial charge in [0.05, 0.1) is 12.0 Å². The van der Waals surface area contributed by atoms with Crippen molar-refractivity contribution in [2.45, 2.75) is 0 Å². The van der Waals surface area contributed by atoms with Crippen molar-refractivity contribution < 1.29 is 19.2 Å². The van der Waals surface area contributed by atoms with E-state index in [2.05, 4.69) is 4.99 Å². The van der Waals surface area contributed by atoms with Crippen molar-refractivity contribution in [1.29, 1.82) is 0 Å². The van der Waals surface area contributed by atoms with E-state index in [-0.39, 0.29) is 17.3 Å². The lowest BCUT2D eigenvalue weighted by Gasteiger charge is -2.03. The van der Waals surface area contributed by atoms with Gasteiger partial charge in [-0.05, 0) is 23.8 Å². The first-order chi connectivity index (χ1) is 12.6. The van der Waals surface area contributed by atoms with E-state index in [0.717, 1.165) is 0 Å². The minimum atomic E-state index is -0.574. The summed E-state index contributed by atoms with van der Waals surface area (Å²) in [6.07, 6.45) is 4.65. The zero-order chi connectivity index (χ0) is 18.5. The third kappa shape index (κ3) is 3.84.